The number of halogens is 1. The normalized spacial score (nSPS) is 36.6. The zero-order chi connectivity index (χ0) is 24.7. The lowest BCUT2D eigenvalue weighted by Gasteiger charge is -2.57. The van der Waals surface area contributed by atoms with Gasteiger partial charge in [0.2, 0.25) is 0 Å². The molecule has 4 nitrogen and oxygen atoms in total. The predicted octanol–water partition coefficient (Wildman–Crippen LogP) is 6.60. The highest BCUT2D eigenvalue weighted by atomic mass is 127. The second-order valence-corrected chi connectivity index (χ2v) is 13.1. The molecule has 6 aliphatic rings. The van der Waals surface area contributed by atoms with Gasteiger partial charge in [-0.15, -0.1) is 0 Å². The van der Waals surface area contributed by atoms with Crippen molar-refractivity contribution in [3.8, 4) is 12.1 Å². The number of nitriles is 2. The summed E-state index contributed by atoms with van der Waals surface area (Å²) in [6.45, 7) is 0. The van der Waals surface area contributed by atoms with Gasteiger partial charge in [-0.1, -0.05) is 42.5 Å². The van der Waals surface area contributed by atoms with E-state index < -0.39 is 23.4 Å². The molecule has 5 heteroatoms. The molecule has 1 saturated heterocycles. The van der Waals surface area contributed by atoms with Gasteiger partial charge in [0.1, 0.15) is 0 Å². The van der Waals surface area contributed by atoms with E-state index in [0.717, 1.165) is 39.5 Å². The quantitative estimate of drug-likeness (QED) is 0.381. The number of hydrogen-bond acceptors (Lipinski definition) is 4. The summed E-state index contributed by atoms with van der Waals surface area (Å²) < 4.78 is 1.01. The van der Waals surface area contributed by atoms with Crippen molar-refractivity contribution in [1.82, 2.24) is 4.90 Å². The van der Waals surface area contributed by atoms with Gasteiger partial charge in [0.15, 0.2) is 11.2 Å². The molecule has 5 fully saturated rings. The zero-order valence-corrected chi connectivity index (χ0v) is 22.3. The van der Waals surface area contributed by atoms with E-state index in [0.29, 0.717) is 17.8 Å². The summed E-state index contributed by atoms with van der Waals surface area (Å²) in [6.07, 6.45) is 10.8. The molecule has 0 spiro atoms. The van der Waals surface area contributed by atoms with Crippen LogP contribution < -0.4 is 0 Å². The van der Waals surface area contributed by atoms with Gasteiger partial charge in [-0.3, -0.25) is 4.79 Å². The summed E-state index contributed by atoms with van der Waals surface area (Å²) in [5.41, 5.74) is 1.27. The Morgan fingerprint density at radius 1 is 0.889 bits per heavy atom. The standard InChI is InChI=1S/C31H28IN3O/c32-25-8-4-3-7-24(25)26-27(29(36)30-14-19-11-20(15-30)13-21(12-19)16-30)35-10-9-22-5-1-2-6-23(22)28(35)31(26,17-33)18-34/h1-10,19-21,26-28H,11-16H2/t19?,20?,21?,26-,27+,28+,30?/m1/s1. The van der Waals surface area contributed by atoms with Crippen molar-refractivity contribution >= 4 is 34.5 Å². The molecule has 2 aromatic rings. The summed E-state index contributed by atoms with van der Waals surface area (Å²) in [7, 11) is 0. The summed E-state index contributed by atoms with van der Waals surface area (Å²) in [4.78, 5) is 17.1. The molecule has 4 bridgehead atoms. The van der Waals surface area contributed by atoms with Gasteiger partial charge < -0.3 is 4.90 Å². The van der Waals surface area contributed by atoms with Crippen LogP contribution in [-0.4, -0.2) is 16.7 Å². The Morgan fingerprint density at radius 3 is 2.08 bits per heavy atom. The van der Waals surface area contributed by atoms with E-state index in [-0.39, 0.29) is 11.2 Å². The number of hydrogen-bond donors (Lipinski definition) is 0. The molecule has 0 N–H and O–H groups in total. The predicted molar refractivity (Wildman–Crippen MR) is 145 cm³/mol. The number of nitrogens with zero attached hydrogens (tertiary/aromatic N) is 3. The molecule has 4 aliphatic carbocycles. The first-order valence-corrected chi connectivity index (χ1v) is 14.2. The number of benzene rings is 2. The van der Waals surface area contributed by atoms with Gasteiger partial charge >= 0.3 is 0 Å². The third kappa shape index (κ3) is 2.93. The average molecular weight is 585 g/mol. The van der Waals surface area contributed by atoms with Crippen molar-refractivity contribution in [1.29, 1.82) is 10.5 Å². The SMILES string of the molecule is N#CC1(C#N)[C@H](c2ccccc2I)[C@@H](C(=O)C23CC4CC(CC(C4)C2)C3)N2C=Cc3ccccc3[C@H]21. The maximum atomic E-state index is 15.0. The number of rotatable bonds is 3. The second-order valence-electron chi connectivity index (χ2n) is 11.9. The van der Waals surface area contributed by atoms with E-state index in [9.17, 15) is 15.3 Å². The largest absolute Gasteiger partial charge is 0.357 e. The maximum Gasteiger partial charge on any atom is 0.177 e. The summed E-state index contributed by atoms with van der Waals surface area (Å²) in [6, 6.07) is 20.1. The van der Waals surface area contributed by atoms with Crippen molar-refractivity contribution in [3.05, 3.63) is 75.0 Å². The van der Waals surface area contributed by atoms with Crippen LogP contribution in [0.1, 0.15) is 67.2 Å². The Morgan fingerprint density at radius 2 is 1.47 bits per heavy atom. The lowest BCUT2D eigenvalue weighted by atomic mass is 9.47. The second kappa shape index (κ2) is 7.93. The average Bonchev–Trinajstić information content (AvgIpc) is 3.18. The molecule has 2 heterocycles. The van der Waals surface area contributed by atoms with Crippen LogP contribution in [0.5, 0.6) is 0 Å². The Bertz CT molecular complexity index is 1330. The molecule has 0 radical (unpaired) electrons. The van der Waals surface area contributed by atoms with Crippen LogP contribution in [0.25, 0.3) is 6.08 Å². The molecule has 180 valence electrons. The lowest BCUT2D eigenvalue weighted by molar-refractivity contribution is -0.148. The smallest absolute Gasteiger partial charge is 0.177 e. The van der Waals surface area contributed by atoms with E-state index in [2.05, 4.69) is 45.7 Å². The van der Waals surface area contributed by atoms with Crippen molar-refractivity contribution < 1.29 is 4.79 Å². The number of carbonyl (C=O) groups excluding carboxylic acids is 1. The van der Waals surface area contributed by atoms with Crippen molar-refractivity contribution in [2.45, 2.75) is 56.5 Å². The molecule has 36 heavy (non-hydrogen) atoms. The van der Waals surface area contributed by atoms with Gasteiger partial charge in [0, 0.05) is 21.1 Å². The molecule has 8 rings (SSSR count). The van der Waals surface area contributed by atoms with Crippen molar-refractivity contribution in [3.63, 3.8) is 0 Å². The van der Waals surface area contributed by atoms with Crippen LogP contribution in [0.2, 0.25) is 0 Å². The van der Waals surface area contributed by atoms with E-state index in [1.807, 2.05) is 54.7 Å². The topological polar surface area (TPSA) is 67.9 Å². The summed E-state index contributed by atoms with van der Waals surface area (Å²) in [5, 5.41) is 21.6. The lowest BCUT2D eigenvalue weighted by Crippen LogP contribution is -2.55. The van der Waals surface area contributed by atoms with Gasteiger partial charge in [0.05, 0.1) is 24.2 Å². The van der Waals surface area contributed by atoms with Crippen LogP contribution >= 0.6 is 22.6 Å². The molecule has 3 atom stereocenters. The highest BCUT2D eigenvalue weighted by molar-refractivity contribution is 14.1. The van der Waals surface area contributed by atoms with E-state index in [1.54, 1.807) is 0 Å². The fourth-order valence-electron chi connectivity index (χ4n) is 9.09. The van der Waals surface area contributed by atoms with Crippen LogP contribution in [0.15, 0.2) is 54.7 Å². The molecule has 2 aliphatic heterocycles. The Labute approximate surface area is 226 Å². The van der Waals surface area contributed by atoms with Crippen LogP contribution in [0.4, 0.5) is 0 Å². The highest BCUT2D eigenvalue weighted by Crippen LogP contribution is 2.65. The molecular formula is C31H28IN3O. The first-order valence-electron chi connectivity index (χ1n) is 13.2. The third-order valence-electron chi connectivity index (χ3n) is 10.0. The third-order valence-corrected chi connectivity index (χ3v) is 11.0. The molecule has 2 aromatic carbocycles. The monoisotopic (exact) mass is 585 g/mol. The van der Waals surface area contributed by atoms with E-state index in [4.69, 9.17) is 0 Å². The Kier molecular flexibility index (Phi) is 4.97. The highest BCUT2D eigenvalue weighted by Gasteiger charge is 2.67. The Balaban J connectivity index is 1.44. The number of fused-ring (bicyclic) bond motifs is 3. The molecule has 0 aromatic heterocycles. The molecule has 0 amide bonds. The summed E-state index contributed by atoms with van der Waals surface area (Å²) >= 11 is 2.31. The van der Waals surface area contributed by atoms with Crippen LogP contribution in [0.3, 0.4) is 0 Å². The minimum absolute atomic E-state index is 0.285. The fourth-order valence-corrected chi connectivity index (χ4v) is 9.81. The molecule has 0 unspecified atom stereocenters. The number of carbonyl (C=O) groups is 1. The van der Waals surface area contributed by atoms with Gasteiger partial charge in [-0.25, -0.2) is 0 Å². The minimum Gasteiger partial charge on any atom is -0.357 e. The molecular weight excluding hydrogens is 557 g/mol. The van der Waals surface area contributed by atoms with Crippen molar-refractivity contribution in [2.24, 2.45) is 28.6 Å². The number of ketones is 1. The van der Waals surface area contributed by atoms with E-state index in [1.165, 1.54) is 19.3 Å². The fraction of sp³-hybridized carbons (Fsp3) is 0.452. The minimum atomic E-state index is -1.37. The first kappa shape index (κ1) is 22.5. The molecule has 4 saturated carbocycles. The van der Waals surface area contributed by atoms with Gasteiger partial charge in [-0.05, 0) is 108 Å². The first-order chi connectivity index (χ1) is 17.5. The van der Waals surface area contributed by atoms with Gasteiger partial charge in [-0.2, -0.15) is 10.5 Å². The van der Waals surface area contributed by atoms with Gasteiger partial charge in [0.25, 0.3) is 0 Å². The summed E-state index contributed by atoms with van der Waals surface area (Å²) in [5.74, 6) is 1.74. The zero-order valence-electron chi connectivity index (χ0n) is 20.1. The maximum absolute atomic E-state index is 15.0. The van der Waals surface area contributed by atoms with Crippen LogP contribution in [0, 0.1) is 54.8 Å². The number of Topliss-reactive ketones (excluding diaryl/α,β-unsaturated/α-hetero) is 1. The van der Waals surface area contributed by atoms with Crippen molar-refractivity contribution in [2.75, 3.05) is 0 Å². The Hall–Kier alpha value is -2.64. The van der Waals surface area contributed by atoms with Crippen LogP contribution in [-0.2, 0) is 4.79 Å². The van der Waals surface area contributed by atoms with E-state index >= 15 is 0 Å².